The SMILES string of the molecule is SCPCn1ccnc1. The van der Waals surface area contributed by atoms with Gasteiger partial charge in [0.25, 0.3) is 0 Å². The summed E-state index contributed by atoms with van der Waals surface area (Å²) in [6.45, 7) is 0. The van der Waals surface area contributed by atoms with Gasteiger partial charge in [-0.3, -0.25) is 0 Å². The molecule has 1 unspecified atom stereocenters. The van der Waals surface area contributed by atoms with Crippen molar-refractivity contribution in [3.63, 3.8) is 0 Å². The first-order chi connectivity index (χ1) is 4.43. The van der Waals surface area contributed by atoms with Gasteiger partial charge < -0.3 is 4.57 Å². The fraction of sp³-hybridized carbons (Fsp3) is 0.400. The monoisotopic (exact) mass is 160 g/mol. The Morgan fingerprint density at radius 1 is 1.67 bits per heavy atom. The van der Waals surface area contributed by atoms with Crippen LogP contribution in [0.2, 0.25) is 0 Å². The van der Waals surface area contributed by atoms with Gasteiger partial charge in [0.2, 0.25) is 0 Å². The van der Waals surface area contributed by atoms with Crippen LogP contribution in [0, 0.1) is 0 Å². The maximum Gasteiger partial charge on any atom is 0.0949 e. The molecule has 0 fully saturated rings. The van der Waals surface area contributed by atoms with Crippen LogP contribution in [0.15, 0.2) is 18.7 Å². The summed E-state index contributed by atoms with van der Waals surface area (Å²) < 4.78 is 2.06. The van der Waals surface area contributed by atoms with Crippen molar-refractivity contribution in [1.29, 1.82) is 0 Å². The highest BCUT2D eigenvalue weighted by molar-refractivity contribution is 7.86. The van der Waals surface area contributed by atoms with Gasteiger partial charge in [-0.2, -0.15) is 12.6 Å². The minimum absolute atomic E-state index is 0.896. The molecule has 0 aliphatic heterocycles. The van der Waals surface area contributed by atoms with Crippen molar-refractivity contribution in [2.45, 2.75) is 6.29 Å². The van der Waals surface area contributed by atoms with Crippen molar-refractivity contribution in [2.75, 3.05) is 5.49 Å². The van der Waals surface area contributed by atoms with Gasteiger partial charge >= 0.3 is 0 Å². The number of thiol groups is 1. The molecule has 0 aromatic carbocycles. The van der Waals surface area contributed by atoms with E-state index in [0.717, 1.165) is 20.4 Å². The summed E-state index contributed by atoms with van der Waals surface area (Å²) >= 11 is 4.11. The van der Waals surface area contributed by atoms with Gasteiger partial charge in [0.15, 0.2) is 0 Å². The van der Waals surface area contributed by atoms with Crippen molar-refractivity contribution in [3.05, 3.63) is 18.7 Å². The highest BCUT2D eigenvalue weighted by Gasteiger charge is 1.85. The molecular formula is C5H9N2PS. The van der Waals surface area contributed by atoms with Crippen molar-refractivity contribution in [1.82, 2.24) is 9.55 Å². The van der Waals surface area contributed by atoms with Gasteiger partial charge in [0, 0.05) is 24.2 Å². The van der Waals surface area contributed by atoms with Crippen LogP contribution in [0.4, 0.5) is 0 Å². The lowest BCUT2D eigenvalue weighted by Crippen LogP contribution is -1.86. The first kappa shape index (κ1) is 7.10. The van der Waals surface area contributed by atoms with E-state index in [0.29, 0.717) is 0 Å². The van der Waals surface area contributed by atoms with Crippen LogP contribution in [0.1, 0.15) is 0 Å². The third-order valence-corrected chi connectivity index (χ3v) is 2.45. The maximum atomic E-state index is 4.11. The second-order valence-electron chi connectivity index (χ2n) is 1.64. The van der Waals surface area contributed by atoms with Gasteiger partial charge in [-0.25, -0.2) is 4.98 Å². The second kappa shape index (κ2) is 3.91. The lowest BCUT2D eigenvalue weighted by molar-refractivity contribution is 0.886. The van der Waals surface area contributed by atoms with Crippen molar-refractivity contribution < 1.29 is 0 Å². The maximum absolute atomic E-state index is 4.11. The molecule has 1 rings (SSSR count). The summed E-state index contributed by atoms with van der Waals surface area (Å²) in [5.74, 6) is 0. The molecule has 0 aliphatic carbocycles. The highest BCUT2D eigenvalue weighted by atomic mass is 32.1. The van der Waals surface area contributed by atoms with Crippen LogP contribution >= 0.6 is 21.2 Å². The minimum atomic E-state index is 0.896. The predicted molar refractivity (Wildman–Crippen MR) is 44.4 cm³/mol. The molecule has 0 spiro atoms. The summed E-state index contributed by atoms with van der Waals surface area (Å²) in [5.41, 5.74) is 0.970. The Labute approximate surface area is 61.9 Å². The van der Waals surface area contributed by atoms with Crippen molar-refractivity contribution in [2.24, 2.45) is 0 Å². The van der Waals surface area contributed by atoms with E-state index in [4.69, 9.17) is 0 Å². The Kier molecular flexibility index (Phi) is 3.09. The van der Waals surface area contributed by atoms with E-state index < -0.39 is 0 Å². The van der Waals surface area contributed by atoms with E-state index in [1.165, 1.54) is 0 Å². The molecule has 0 saturated carbocycles. The van der Waals surface area contributed by atoms with E-state index >= 15 is 0 Å². The number of imidazole rings is 1. The number of rotatable bonds is 3. The van der Waals surface area contributed by atoms with Crippen LogP contribution in [-0.4, -0.2) is 15.0 Å². The van der Waals surface area contributed by atoms with E-state index in [1.807, 2.05) is 12.5 Å². The standard InChI is InChI=1S/C5H9N2PS/c9-5-8-4-7-2-1-6-3-7/h1-3,8-9H,4-5H2. The summed E-state index contributed by atoms with van der Waals surface area (Å²) in [6.07, 6.45) is 6.65. The molecule has 0 bridgehead atoms. The van der Waals surface area contributed by atoms with E-state index in [-0.39, 0.29) is 0 Å². The topological polar surface area (TPSA) is 17.8 Å². The smallest absolute Gasteiger partial charge is 0.0949 e. The second-order valence-corrected chi connectivity index (χ2v) is 3.72. The normalized spacial score (nSPS) is 11.2. The molecule has 50 valence electrons. The molecule has 0 amide bonds. The first-order valence-electron chi connectivity index (χ1n) is 2.71. The van der Waals surface area contributed by atoms with Crippen LogP contribution in [-0.2, 0) is 6.29 Å². The number of nitrogens with zero attached hydrogens (tertiary/aromatic N) is 2. The molecular weight excluding hydrogens is 151 g/mol. The third-order valence-electron chi connectivity index (χ3n) is 0.965. The predicted octanol–water partition coefficient (Wildman–Crippen LogP) is 1.41. The van der Waals surface area contributed by atoms with Crippen molar-refractivity contribution >= 4 is 21.2 Å². The Balaban J connectivity index is 2.30. The molecule has 0 aliphatic rings. The molecule has 1 heterocycles. The molecule has 0 N–H and O–H groups in total. The number of hydrogen-bond acceptors (Lipinski definition) is 2. The molecule has 1 aromatic heterocycles. The quantitative estimate of drug-likeness (QED) is 0.522. The molecule has 0 saturated heterocycles. The zero-order valence-corrected chi connectivity index (χ0v) is 6.88. The minimum Gasteiger partial charge on any atom is -0.333 e. The Morgan fingerprint density at radius 3 is 3.11 bits per heavy atom. The van der Waals surface area contributed by atoms with Gasteiger partial charge in [0.1, 0.15) is 0 Å². The van der Waals surface area contributed by atoms with Crippen LogP contribution in [0.5, 0.6) is 0 Å². The lowest BCUT2D eigenvalue weighted by Gasteiger charge is -1.96. The largest absolute Gasteiger partial charge is 0.333 e. The summed E-state index contributed by atoms with van der Waals surface area (Å²) in [6, 6.07) is 0. The van der Waals surface area contributed by atoms with E-state index in [9.17, 15) is 0 Å². The number of aromatic nitrogens is 2. The summed E-state index contributed by atoms with van der Waals surface area (Å²) in [5, 5.41) is 0. The molecule has 4 heteroatoms. The van der Waals surface area contributed by atoms with Crippen LogP contribution in [0.25, 0.3) is 0 Å². The highest BCUT2D eigenvalue weighted by Crippen LogP contribution is 2.13. The molecule has 1 atom stereocenters. The molecule has 9 heavy (non-hydrogen) atoms. The van der Waals surface area contributed by atoms with Crippen LogP contribution < -0.4 is 0 Å². The van der Waals surface area contributed by atoms with Crippen LogP contribution in [0.3, 0.4) is 0 Å². The third kappa shape index (κ3) is 2.37. The lowest BCUT2D eigenvalue weighted by atomic mass is 10.9. The summed E-state index contributed by atoms with van der Waals surface area (Å²) in [7, 11) is 0.896. The summed E-state index contributed by atoms with van der Waals surface area (Å²) in [4.78, 5) is 3.92. The molecule has 1 aromatic rings. The Morgan fingerprint density at radius 2 is 2.56 bits per heavy atom. The zero-order valence-electron chi connectivity index (χ0n) is 4.99. The van der Waals surface area contributed by atoms with E-state index in [1.54, 1.807) is 6.20 Å². The van der Waals surface area contributed by atoms with Crippen molar-refractivity contribution in [3.8, 4) is 0 Å². The van der Waals surface area contributed by atoms with Gasteiger partial charge in [0.05, 0.1) is 6.33 Å². The zero-order chi connectivity index (χ0) is 6.53. The fourth-order valence-corrected chi connectivity index (χ4v) is 1.40. The molecule has 0 radical (unpaired) electrons. The first-order valence-corrected chi connectivity index (χ1v) is 4.75. The number of hydrogen-bond donors (Lipinski definition) is 1. The average Bonchev–Trinajstić information content (AvgIpc) is 2.34. The Bertz CT molecular complexity index is 152. The van der Waals surface area contributed by atoms with Gasteiger partial charge in [-0.1, -0.05) is 8.58 Å². The van der Waals surface area contributed by atoms with Gasteiger partial charge in [-0.15, -0.1) is 0 Å². The average molecular weight is 160 g/mol. The van der Waals surface area contributed by atoms with Gasteiger partial charge in [-0.05, 0) is 0 Å². The Hall–Kier alpha value is -0.01000. The van der Waals surface area contributed by atoms with E-state index in [2.05, 4.69) is 22.2 Å². The fourth-order valence-electron chi connectivity index (χ4n) is 0.559. The molecule has 2 nitrogen and oxygen atoms in total.